The monoisotopic (exact) mass is 285 g/mol. The molecule has 0 aromatic carbocycles. The Hall–Kier alpha value is -1.87. The highest BCUT2D eigenvalue weighted by Crippen LogP contribution is 2.39. The van der Waals surface area contributed by atoms with Crippen molar-refractivity contribution in [3.8, 4) is 6.07 Å². The fraction of sp³-hybridized carbons (Fsp3) is 0.429. The van der Waals surface area contributed by atoms with Gasteiger partial charge in [-0.1, -0.05) is 0 Å². The summed E-state index contributed by atoms with van der Waals surface area (Å²) >= 11 is 1.61. The van der Waals surface area contributed by atoms with Crippen LogP contribution in [0.15, 0.2) is 23.5 Å². The van der Waals surface area contributed by atoms with E-state index in [4.69, 9.17) is 0 Å². The number of aromatic nitrogens is 4. The van der Waals surface area contributed by atoms with Crippen LogP contribution in [-0.2, 0) is 6.54 Å². The number of aryl methyl sites for hydroxylation is 2. The third-order valence-corrected chi connectivity index (χ3v) is 4.20. The number of nitriles is 1. The molecule has 0 radical (unpaired) electrons. The lowest BCUT2D eigenvalue weighted by Crippen LogP contribution is -2.04. The molecule has 0 atom stereocenters. The predicted octanol–water partition coefficient (Wildman–Crippen LogP) is 2.52. The number of rotatable bonds is 5. The Morgan fingerprint density at radius 3 is 2.95 bits per heavy atom. The smallest absolute Gasteiger partial charge is 0.133 e. The largest absolute Gasteiger partial charge is 0.272 e. The van der Waals surface area contributed by atoms with Gasteiger partial charge >= 0.3 is 0 Å². The average molecular weight is 285 g/mol. The van der Waals surface area contributed by atoms with Crippen molar-refractivity contribution < 1.29 is 0 Å². The highest BCUT2D eigenvalue weighted by molar-refractivity contribution is 7.99. The van der Waals surface area contributed by atoms with Crippen LogP contribution < -0.4 is 0 Å². The molecular weight excluding hydrogens is 270 g/mol. The van der Waals surface area contributed by atoms with E-state index >= 15 is 0 Å². The first-order valence-electron chi connectivity index (χ1n) is 6.67. The fourth-order valence-electron chi connectivity index (χ4n) is 1.99. The van der Waals surface area contributed by atoms with Crippen LogP contribution >= 0.6 is 11.8 Å². The van der Waals surface area contributed by atoms with E-state index in [9.17, 15) is 5.26 Å². The molecule has 6 heteroatoms. The normalized spacial score (nSPS) is 14.2. The maximum Gasteiger partial charge on any atom is 0.133 e. The van der Waals surface area contributed by atoms with Gasteiger partial charge in [0.2, 0.25) is 0 Å². The van der Waals surface area contributed by atoms with Gasteiger partial charge in [0, 0.05) is 24.1 Å². The second kappa shape index (κ2) is 5.63. The van der Waals surface area contributed by atoms with Crippen molar-refractivity contribution in [1.82, 2.24) is 19.7 Å². The lowest BCUT2D eigenvalue weighted by atomic mass is 10.2. The zero-order chi connectivity index (χ0) is 13.9. The SMILES string of the molecule is Cc1nc(C2CC2)nc(SCCn2cccn2)c1C#N. The molecule has 0 spiro atoms. The van der Waals surface area contributed by atoms with Gasteiger partial charge in [0.15, 0.2) is 0 Å². The Bertz CT molecular complexity index is 640. The molecule has 2 aromatic heterocycles. The molecule has 1 aliphatic carbocycles. The first kappa shape index (κ1) is 13.1. The van der Waals surface area contributed by atoms with Crippen molar-refractivity contribution in [2.24, 2.45) is 0 Å². The van der Waals surface area contributed by atoms with Gasteiger partial charge in [-0.25, -0.2) is 9.97 Å². The second-order valence-electron chi connectivity index (χ2n) is 4.85. The zero-order valence-electron chi connectivity index (χ0n) is 11.3. The van der Waals surface area contributed by atoms with Crippen LogP contribution in [-0.4, -0.2) is 25.5 Å². The van der Waals surface area contributed by atoms with E-state index < -0.39 is 0 Å². The van der Waals surface area contributed by atoms with Crippen molar-refractivity contribution in [2.45, 2.75) is 37.3 Å². The molecule has 0 aliphatic heterocycles. The lowest BCUT2D eigenvalue weighted by Gasteiger charge is -2.08. The van der Waals surface area contributed by atoms with Crippen molar-refractivity contribution in [3.05, 3.63) is 35.5 Å². The third-order valence-electron chi connectivity index (χ3n) is 3.25. The third kappa shape index (κ3) is 2.83. The maximum absolute atomic E-state index is 9.27. The van der Waals surface area contributed by atoms with E-state index in [-0.39, 0.29) is 0 Å². The Balaban J connectivity index is 1.75. The first-order valence-corrected chi connectivity index (χ1v) is 7.65. The summed E-state index contributed by atoms with van der Waals surface area (Å²) in [6.45, 7) is 2.70. The molecule has 0 bridgehead atoms. The first-order chi connectivity index (χ1) is 9.78. The molecule has 3 rings (SSSR count). The van der Waals surface area contributed by atoms with Gasteiger partial charge in [-0.15, -0.1) is 11.8 Å². The van der Waals surface area contributed by atoms with Gasteiger partial charge in [-0.3, -0.25) is 4.68 Å². The quantitative estimate of drug-likeness (QED) is 0.624. The predicted molar refractivity (Wildman–Crippen MR) is 76.4 cm³/mol. The number of hydrogen-bond donors (Lipinski definition) is 0. The zero-order valence-corrected chi connectivity index (χ0v) is 12.1. The van der Waals surface area contributed by atoms with Gasteiger partial charge in [0.05, 0.1) is 12.2 Å². The van der Waals surface area contributed by atoms with Crippen LogP contribution in [0.3, 0.4) is 0 Å². The van der Waals surface area contributed by atoms with Gasteiger partial charge in [0.25, 0.3) is 0 Å². The highest BCUT2D eigenvalue weighted by atomic mass is 32.2. The van der Waals surface area contributed by atoms with Crippen molar-refractivity contribution in [3.63, 3.8) is 0 Å². The standard InChI is InChI=1S/C14H15N5S/c1-10-12(9-15)14(18-13(17-10)11-3-4-11)20-8-7-19-6-2-5-16-19/h2,5-6,11H,3-4,7-8H2,1H3. The van der Waals surface area contributed by atoms with Gasteiger partial charge in [-0.2, -0.15) is 10.4 Å². The van der Waals surface area contributed by atoms with Crippen LogP contribution in [0.5, 0.6) is 0 Å². The van der Waals surface area contributed by atoms with Crippen LogP contribution in [0.2, 0.25) is 0 Å². The molecule has 1 aliphatic rings. The van der Waals surface area contributed by atoms with E-state index in [1.807, 2.05) is 23.9 Å². The van der Waals surface area contributed by atoms with Crippen LogP contribution in [0.4, 0.5) is 0 Å². The Labute approximate surface area is 122 Å². The van der Waals surface area contributed by atoms with Gasteiger partial charge in [0.1, 0.15) is 22.5 Å². The Morgan fingerprint density at radius 1 is 1.45 bits per heavy atom. The molecule has 2 heterocycles. The van der Waals surface area contributed by atoms with Crippen LogP contribution in [0, 0.1) is 18.3 Å². The van der Waals surface area contributed by atoms with E-state index in [1.165, 1.54) is 12.8 Å². The minimum Gasteiger partial charge on any atom is -0.272 e. The summed E-state index contributed by atoms with van der Waals surface area (Å²) in [7, 11) is 0. The molecular formula is C14H15N5S. The average Bonchev–Trinajstić information content (AvgIpc) is 3.16. The number of thioether (sulfide) groups is 1. The summed E-state index contributed by atoms with van der Waals surface area (Å²) in [5, 5.41) is 14.2. The topological polar surface area (TPSA) is 67.4 Å². The van der Waals surface area contributed by atoms with E-state index in [1.54, 1.807) is 18.0 Å². The summed E-state index contributed by atoms with van der Waals surface area (Å²) < 4.78 is 1.88. The minimum absolute atomic E-state index is 0.506. The maximum atomic E-state index is 9.27. The number of hydrogen-bond acceptors (Lipinski definition) is 5. The van der Waals surface area contributed by atoms with Crippen LogP contribution in [0.1, 0.15) is 35.8 Å². The summed E-state index contributed by atoms with van der Waals surface area (Å²) in [6, 6.07) is 4.13. The summed E-state index contributed by atoms with van der Waals surface area (Å²) in [4.78, 5) is 9.05. The molecule has 2 aromatic rings. The Kier molecular flexibility index (Phi) is 3.70. The molecule has 0 unspecified atom stereocenters. The van der Waals surface area contributed by atoms with E-state index in [0.29, 0.717) is 11.5 Å². The molecule has 1 fully saturated rings. The highest BCUT2D eigenvalue weighted by Gasteiger charge is 2.28. The van der Waals surface area contributed by atoms with Gasteiger partial charge in [-0.05, 0) is 25.8 Å². The molecule has 102 valence electrons. The summed E-state index contributed by atoms with van der Waals surface area (Å²) in [5.74, 6) is 2.26. The van der Waals surface area contributed by atoms with Gasteiger partial charge < -0.3 is 0 Å². The van der Waals surface area contributed by atoms with E-state index in [0.717, 1.165) is 28.8 Å². The summed E-state index contributed by atoms with van der Waals surface area (Å²) in [5.41, 5.74) is 1.41. The molecule has 5 nitrogen and oxygen atoms in total. The lowest BCUT2D eigenvalue weighted by molar-refractivity contribution is 0.666. The van der Waals surface area contributed by atoms with Crippen LogP contribution in [0.25, 0.3) is 0 Å². The summed E-state index contributed by atoms with van der Waals surface area (Å²) in [6.07, 6.45) is 6.05. The molecule has 0 N–H and O–H groups in total. The van der Waals surface area contributed by atoms with Crippen molar-refractivity contribution in [1.29, 1.82) is 5.26 Å². The van der Waals surface area contributed by atoms with E-state index in [2.05, 4.69) is 21.1 Å². The number of nitrogens with zero attached hydrogens (tertiary/aromatic N) is 5. The minimum atomic E-state index is 0.506. The molecule has 1 saturated carbocycles. The van der Waals surface area contributed by atoms with Crippen molar-refractivity contribution >= 4 is 11.8 Å². The fourth-order valence-corrected chi connectivity index (χ4v) is 2.96. The molecule has 0 saturated heterocycles. The second-order valence-corrected chi connectivity index (χ2v) is 5.93. The molecule has 0 amide bonds. The Morgan fingerprint density at radius 2 is 2.30 bits per heavy atom. The molecule has 20 heavy (non-hydrogen) atoms. The van der Waals surface area contributed by atoms with Crippen molar-refractivity contribution in [2.75, 3.05) is 5.75 Å².